The van der Waals surface area contributed by atoms with Gasteiger partial charge in [-0.2, -0.15) is 0 Å². The zero-order valence-electron chi connectivity index (χ0n) is 13.3. The number of hydrogen-bond donors (Lipinski definition) is 0. The topological polar surface area (TPSA) is 18.5 Å². The molecule has 0 aliphatic rings. The Morgan fingerprint density at radius 1 is 0.667 bits per heavy atom. The van der Waals surface area contributed by atoms with E-state index in [0.29, 0.717) is 0 Å². The molecule has 0 N–H and O–H groups in total. The number of fused-ring (bicyclic) bond motifs is 2. The van der Waals surface area contributed by atoms with Gasteiger partial charge in [-0.05, 0) is 52.2 Å². The van der Waals surface area contributed by atoms with Crippen LogP contribution in [-0.2, 0) is 0 Å². The maximum atomic E-state index is 5.87. The first-order chi connectivity index (χ1) is 11.8. The molecule has 2 nitrogen and oxygen atoms in total. The van der Waals surface area contributed by atoms with E-state index in [9.17, 15) is 0 Å². The third kappa shape index (κ3) is 2.93. The van der Waals surface area contributed by atoms with Crippen LogP contribution in [0.5, 0.6) is 11.5 Å². The van der Waals surface area contributed by atoms with Crippen LogP contribution in [0.1, 0.15) is 5.56 Å². The summed E-state index contributed by atoms with van der Waals surface area (Å²) >= 11 is 0. The van der Waals surface area contributed by atoms with Crippen LogP contribution in [0, 0.1) is 6.92 Å². The summed E-state index contributed by atoms with van der Waals surface area (Å²) < 4.78 is 11.7. The molecule has 0 radical (unpaired) electrons. The van der Waals surface area contributed by atoms with Crippen LogP contribution in [-0.4, -0.2) is 0 Å². The van der Waals surface area contributed by atoms with Crippen molar-refractivity contribution in [1.82, 2.24) is 0 Å². The van der Waals surface area contributed by atoms with Gasteiger partial charge in [0.05, 0.1) is 0 Å². The van der Waals surface area contributed by atoms with Crippen LogP contribution >= 0.6 is 9.03 Å². The van der Waals surface area contributed by atoms with Gasteiger partial charge in [0.15, 0.2) is 0 Å². The van der Waals surface area contributed by atoms with E-state index in [1.807, 2.05) is 42.5 Å². The van der Waals surface area contributed by atoms with Gasteiger partial charge >= 0.3 is 0 Å². The molecule has 0 saturated carbocycles. The molecule has 0 amide bonds. The molecule has 4 aromatic rings. The summed E-state index contributed by atoms with van der Waals surface area (Å²) in [5.74, 6) is 1.69. The van der Waals surface area contributed by atoms with Crippen molar-refractivity contribution < 1.29 is 9.05 Å². The molecular formula is C21H17O2P. The summed E-state index contributed by atoms with van der Waals surface area (Å²) in [7, 11) is -0.0743. The number of rotatable bonds is 4. The molecule has 0 fully saturated rings. The Kier molecular flexibility index (Phi) is 4.06. The fraction of sp³-hybridized carbons (Fsp3) is 0.0476. The number of aryl methyl sites for hydroxylation is 1. The Hall–Kier alpha value is -2.57. The monoisotopic (exact) mass is 332 g/mol. The molecule has 0 bridgehead atoms. The summed E-state index contributed by atoms with van der Waals surface area (Å²) in [6.45, 7) is 2.08. The van der Waals surface area contributed by atoms with Crippen molar-refractivity contribution in [3.8, 4) is 11.5 Å². The van der Waals surface area contributed by atoms with E-state index in [0.717, 1.165) is 17.1 Å². The lowest BCUT2D eigenvalue weighted by Gasteiger charge is -2.11. The third-order valence-electron chi connectivity index (χ3n) is 4.18. The standard InChI is InChI=1S/C21H17O2P/c1-15-20-9-5-4-7-17(20)11-13-21(15)23-24-22-19-12-10-16-6-2-3-8-18(16)14-19/h2-14,24H,1H3. The predicted molar refractivity (Wildman–Crippen MR) is 102 cm³/mol. The van der Waals surface area contributed by atoms with Gasteiger partial charge in [-0.1, -0.05) is 60.7 Å². The van der Waals surface area contributed by atoms with Gasteiger partial charge < -0.3 is 9.05 Å². The van der Waals surface area contributed by atoms with Gasteiger partial charge in [0.25, 0.3) is 9.03 Å². The molecule has 118 valence electrons. The van der Waals surface area contributed by atoms with Crippen LogP contribution in [0.25, 0.3) is 21.5 Å². The fourth-order valence-electron chi connectivity index (χ4n) is 2.86. The summed E-state index contributed by atoms with van der Waals surface area (Å²) in [5, 5.41) is 4.81. The summed E-state index contributed by atoms with van der Waals surface area (Å²) in [6.07, 6.45) is 0. The lowest BCUT2D eigenvalue weighted by Crippen LogP contribution is -1.89. The highest BCUT2D eigenvalue weighted by Crippen LogP contribution is 2.32. The van der Waals surface area contributed by atoms with Crippen molar-refractivity contribution >= 4 is 30.6 Å². The molecule has 0 aliphatic carbocycles. The average molecular weight is 332 g/mol. The quantitative estimate of drug-likeness (QED) is 0.410. The lowest BCUT2D eigenvalue weighted by molar-refractivity contribution is 0.514. The second-order valence-electron chi connectivity index (χ2n) is 5.71. The Morgan fingerprint density at radius 3 is 2.25 bits per heavy atom. The van der Waals surface area contributed by atoms with Crippen molar-refractivity contribution in [1.29, 1.82) is 0 Å². The normalized spacial score (nSPS) is 11.4. The molecule has 3 heteroatoms. The molecule has 1 unspecified atom stereocenters. The summed E-state index contributed by atoms with van der Waals surface area (Å²) in [5.41, 5.74) is 1.14. The SMILES string of the molecule is Cc1c(OPOc2ccc3ccccc3c2)ccc2ccccc12. The molecule has 4 aromatic carbocycles. The Bertz CT molecular complexity index is 1010. The van der Waals surface area contributed by atoms with Crippen LogP contribution in [0.15, 0.2) is 78.9 Å². The first kappa shape index (κ1) is 15.0. The van der Waals surface area contributed by atoms with Crippen LogP contribution in [0.3, 0.4) is 0 Å². The van der Waals surface area contributed by atoms with Crippen LogP contribution in [0.2, 0.25) is 0 Å². The molecular weight excluding hydrogens is 315 g/mol. The van der Waals surface area contributed by atoms with Crippen LogP contribution in [0.4, 0.5) is 0 Å². The lowest BCUT2D eigenvalue weighted by atomic mass is 10.1. The number of hydrogen-bond acceptors (Lipinski definition) is 2. The van der Waals surface area contributed by atoms with E-state index in [-0.39, 0.29) is 9.03 Å². The summed E-state index contributed by atoms with van der Waals surface area (Å²) in [6, 6.07) is 26.7. The Labute approximate surface area is 143 Å². The maximum Gasteiger partial charge on any atom is 0.275 e. The van der Waals surface area contributed by atoms with E-state index < -0.39 is 0 Å². The Balaban J connectivity index is 1.49. The Morgan fingerprint density at radius 2 is 1.38 bits per heavy atom. The van der Waals surface area contributed by atoms with Gasteiger partial charge in [-0.25, -0.2) is 0 Å². The molecule has 0 spiro atoms. The highest BCUT2D eigenvalue weighted by Gasteiger charge is 2.05. The molecule has 4 rings (SSSR count). The minimum Gasteiger partial charge on any atom is -0.441 e. The second kappa shape index (κ2) is 6.51. The third-order valence-corrected chi connectivity index (χ3v) is 4.80. The molecule has 24 heavy (non-hydrogen) atoms. The molecule has 0 saturated heterocycles. The van der Waals surface area contributed by atoms with Crippen molar-refractivity contribution in [2.45, 2.75) is 6.92 Å². The highest BCUT2D eigenvalue weighted by atomic mass is 31.1. The van der Waals surface area contributed by atoms with Gasteiger partial charge in [-0.3, -0.25) is 0 Å². The molecule has 0 aromatic heterocycles. The zero-order valence-corrected chi connectivity index (χ0v) is 14.3. The molecule has 0 heterocycles. The van der Waals surface area contributed by atoms with Crippen molar-refractivity contribution in [2.75, 3.05) is 0 Å². The fourth-order valence-corrected chi connectivity index (χ4v) is 3.44. The van der Waals surface area contributed by atoms with Crippen LogP contribution < -0.4 is 9.05 Å². The van der Waals surface area contributed by atoms with Gasteiger partial charge in [0, 0.05) is 0 Å². The second-order valence-corrected chi connectivity index (χ2v) is 6.28. The number of benzene rings is 4. The van der Waals surface area contributed by atoms with Gasteiger partial charge in [0.2, 0.25) is 0 Å². The van der Waals surface area contributed by atoms with Gasteiger partial charge in [-0.15, -0.1) is 0 Å². The largest absolute Gasteiger partial charge is 0.441 e. The van der Waals surface area contributed by atoms with Crippen molar-refractivity contribution in [3.63, 3.8) is 0 Å². The first-order valence-electron chi connectivity index (χ1n) is 7.87. The summed E-state index contributed by atoms with van der Waals surface area (Å²) in [4.78, 5) is 0. The minimum atomic E-state index is -0.0743. The highest BCUT2D eigenvalue weighted by molar-refractivity contribution is 7.27. The van der Waals surface area contributed by atoms with Gasteiger partial charge in [0.1, 0.15) is 11.5 Å². The smallest absolute Gasteiger partial charge is 0.275 e. The first-order valence-corrected chi connectivity index (χ1v) is 8.69. The predicted octanol–water partition coefficient (Wildman–Crippen LogP) is 6.27. The van der Waals surface area contributed by atoms with E-state index in [1.165, 1.54) is 21.5 Å². The van der Waals surface area contributed by atoms with E-state index in [2.05, 4.69) is 43.3 Å². The minimum absolute atomic E-state index is 0.0743. The van der Waals surface area contributed by atoms with Crippen molar-refractivity contribution in [3.05, 3.63) is 84.4 Å². The average Bonchev–Trinajstić information content (AvgIpc) is 2.64. The molecule has 1 atom stereocenters. The van der Waals surface area contributed by atoms with E-state index in [1.54, 1.807) is 0 Å². The molecule has 0 aliphatic heterocycles. The van der Waals surface area contributed by atoms with E-state index in [4.69, 9.17) is 9.05 Å². The van der Waals surface area contributed by atoms with E-state index >= 15 is 0 Å². The van der Waals surface area contributed by atoms with Crippen molar-refractivity contribution in [2.24, 2.45) is 0 Å². The maximum absolute atomic E-state index is 5.87. The zero-order chi connectivity index (χ0) is 16.4.